The molecule has 1 saturated carbocycles. The number of rotatable bonds is 7. The largest absolute Gasteiger partial charge is 0.352 e. The zero-order chi connectivity index (χ0) is 14.2. The summed E-state index contributed by atoms with van der Waals surface area (Å²) in [4.78, 5) is 12.0. The summed E-state index contributed by atoms with van der Waals surface area (Å²) in [5.41, 5.74) is 1.24. The Morgan fingerprint density at radius 3 is 2.90 bits per heavy atom. The van der Waals surface area contributed by atoms with Crippen LogP contribution in [-0.2, 0) is 17.9 Å². The van der Waals surface area contributed by atoms with Crippen molar-refractivity contribution in [1.29, 1.82) is 0 Å². The molecule has 1 aromatic rings. The summed E-state index contributed by atoms with van der Waals surface area (Å²) in [7, 11) is 0. The van der Waals surface area contributed by atoms with Crippen LogP contribution < -0.4 is 10.6 Å². The first kappa shape index (κ1) is 15.1. The van der Waals surface area contributed by atoms with E-state index >= 15 is 0 Å². The monoisotopic (exact) mass is 277 g/mol. The minimum Gasteiger partial charge on any atom is -0.352 e. The maximum absolute atomic E-state index is 12.0. The summed E-state index contributed by atoms with van der Waals surface area (Å²) in [6.07, 6.45) is 11.3. The van der Waals surface area contributed by atoms with Crippen LogP contribution in [0, 0.1) is 0 Å². The summed E-state index contributed by atoms with van der Waals surface area (Å²) < 4.78 is 1.97. The smallest absolute Gasteiger partial charge is 0.240 e. The molecule has 1 amide bonds. The van der Waals surface area contributed by atoms with Crippen LogP contribution in [0.25, 0.3) is 0 Å². The standard InChI is InChI=1S/C16H27N3O/c1-2-9-17-11-14-8-10-19(12-14)13-16(20)18-15-6-4-3-5-7-15/h8,10,12,15,17H,2-7,9,11,13H2,1H3,(H,18,20). The van der Waals surface area contributed by atoms with Crippen LogP contribution in [0.15, 0.2) is 18.5 Å². The Morgan fingerprint density at radius 1 is 1.35 bits per heavy atom. The topological polar surface area (TPSA) is 46.1 Å². The van der Waals surface area contributed by atoms with Crippen LogP contribution >= 0.6 is 0 Å². The number of amides is 1. The van der Waals surface area contributed by atoms with Crippen molar-refractivity contribution in [2.75, 3.05) is 6.54 Å². The van der Waals surface area contributed by atoms with E-state index in [1.165, 1.54) is 24.8 Å². The fourth-order valence-corrected chi connectivity index (χ4v) is 2.79. The van der Waals surface area contributed by atoms with Gasteiger partial charge in [-0.1, -0.05) is 26.2 Å². The Bertz CT molecular complexity index is 408. The maximum Gasteiger partial charge on any atom is 0.240 e. The molecular formula is C16H27N3O. The second-order valence-corrected chi connectivity index (χ2v) is 5.77. The molecule has 1 aliphatic carbocycles. The zero-order valence-corrected chi connectivity index (χ0v) is 12.5. The normalized spacial score (nSPS) is 16.2. The maximum atomic E-state index is 12.0. The number of nitrogens with one attached hydrogen (secondary N) is 2. The summed E-state index contributed by atoms with van der Waals surface area (Å²) in [6, 6.07) is 2.48. The van der Waals surface area contributed by atoms with Gasteiger partial charge in [0, 0.05) is 25.0 Å². The van der Waals surface area contributed by atoms with Crippen LogP contribution in [0.5, 0.6) is 0 Å². The molecule has 0 radical (unpaired) electrons. The average Bonchev–Trinajstić information content (AvgIpc) is 2.87. The number of hydrogen-bond acceptors (Lipinski definition) is 2. The van der Waals surface area contributed by atoms with E-state index in [0.717, 1.165) is 32.4 Å². The molecule has 1 aromatic heterocycles. The Morgan fingerprint density at radius 2 is 2.15 bits per heavy atom. The van der Waals surface area contributed by atoms with Crippen molar-refractivity contribution >= 4 is 5.91 Å². The first-order valence-electron chi connectivity index (χ1n) is 7.92. The quantitative estimate of drug-likeness (QED) is 0.752. The molecule has 1 aliphatic rings. The average molecular weight is 277 g/mol. The molecule has 2 rings (SSSR count). The van der Waals surface area contributed by atoms with E-state index in [2.05, 4.69) is 29.8 Å². The van der Waals surface area contributed by atoms with E-state index in [-0.39, 0.29) is 5.91 Å². The lowest BCUT2D eigenvalue weighted by molar-refractivity contribution is -0.122. The number of nitrogens with zero attached hydrogens (tertiary/aromatic N) is 1. The number of hydrogen-bond donors (Lipinski definition) is 2. The third-order valence-corrected chi connectivity index (χ3v) is 3.86. The highest BCUT2D eigenvalue weighted by molar-refractivity contribution is 5.76. The highest BCUT2D eigenvalue weighted by atomic mass is 16.2. The van der Waals surface area contributed by atoms with Gasteiger partial charge in [-0.05, 0) is 37.4 Å². The van der Waals surface area contributed by atoms with Gasteiger partial charge in [-0.25, -0.2) is 0 Å². The van der Waals surface area contributed by atoms with E-state index in [1.807, 2.05) is 10.8 Å². The van der Waals surface area contributed by atoms with Gasteiger partial charge in [-0.3, -0.25) is 4.79 Å². The first-order valence-corrected chi connectivity index (χ1v) is 7.92. The van der Waals surface area contributed by atoms with E-state index in [9.17, 15) is 4.79 Å². The molecule has 4 nitrogen and oxygen atoms in total. The minimum absolute atomic E-state index is 0.139. The van der Waals surface area contributed by atoms with Gasteiger partial charge < -0.3 is 15.2 Å². The zero-order valence-electron chi connectivity index (χ0n) is 12.5. The Hall–Kier alpha value is -1.29. The van der Waals surface area contributed by atoms with Crippen molar-refractivity contribution in [3.63, 3.8) is 0 Å². The lowest BCUT2D eigenvalue weighted by Gasteiger charge is -2.22. The van der Waals surface area contributed by atoms with Gasteiger partial charge in [0.25, 0.3) is 0 Å². The fraction of sp³-hybridized carbons (Fsp3) is 0.688. The Kier molecular flexibility index (Phi) is 6.12. The van der Waals surface area contributed by atoms with E-state index in [0.29, 0.717) is 12.6 Å². The molecule has 0 bridgehead atoms. The van der Waals surface area contributed by atoms with Gasteiger partial charge in [-0.2, -0.15) is 0 Å². The van der Waals surface area contributed by atoms with Crippen molar-refractivity contribution in [3.8, 4) is 0 Å². The van der Waals surface area contributed by atoms with Gasteiger partial charge in [0.1, 0.15) is 6.54 Å². The third kappa shape index (κ3) is 5.00. The van der Waals surface area contributed by atoms with E-state index in [4.69, 9.17) is 0 Å². The van der Waals surface area contributed by atoms with Gasteiger partial charge >= 0.3 is 0 Å². The summed E-state index contributed by atoms with van der Waals surface area (Å²) >= 11 is 0. The number of aromatic nitrogens is 1. The SMILES string of the molecule is CCCNCc1ccn(CC(=O)NC2CCCCC2)c1. The molecule has 1 fully saturated rings. The summed E-state index contributed by atoms with van der Waals surface area (Å²) in [5.74, 6) is 0.139. The molecule has 112 valence electrons. The lowest BCUT2D eigenvalue weighted by Crippen LogP contribution is -2.38. The van der Waals surface area contributed by atoms with E-state index in [1.54, 1.807) is 0 Å². The van der Waals surface area contributed by atoms with Crippen LogP contribution in [-0.4, -0.2) is 23.1 Å². The molecule has 20 heavy (non-hydrogen) atoms. The first-order chi connectivity index (χ1) is 9.78. The van der Waals surface area contributed by atoms with Crippen LogP contribution in [0.4, 0.5) is 0 Å². The second-order valence-electron chi connectivity index (χ2n) is 5.77. The summed E-state index contributed by atoms with van der Waals surface area (Å²) in [6.45, 7) is 4.51. The van der Waals surface area contributed by atoms with Gasteiger partial charge in [0.05, 0.1) is 0 Å². The molecule has 0 saturated heterocycles. The Labute approximate surface area is 121 Å². The molecule has 0 atom stereocenters. The predicted octanol–water partition coefficient (Wildman–Crippen LogP) is 2.44. The van der Waals surface area contributed by atoms with Crippen molar-refractivity contribution in [1.82, 2.24) is 15.2 Å². The molecule has 0 aliphatic heterocycles. The molecule has 1 heterocycles. The minimum atomic E-state index is 0.139. The molecule has 2 N–H and O–H groups in total. The van der Waals surface area contributed by atoms with Gasteiger partial charge in [0.2, 0.25) is 5.91 Å². The third-order valence-electron chi connectivity index (χ3n) is 3.86. The Balaban J connectivity index is 1.73. The lowest BCUT2D eigenvalue weighted by atomic mass is 9.95. The molecular weight excluding hydrogens is 250 g/mol. The highest BCUT2D eigenvalue weighted by Crippen LogP contribution is 2.17. The highest BCUT2D eigenvalue weighted by Gasteiger charge is 2.15. The van der Waals surface area contributed by atoms with Crippen LogP contribution in [0.3, 0.4) is 0 Å². The second kappa shape index (κ2) is 8.10. The van der Waals surface area contributed by atoms with Gasteiger partial charge in [-0.15, -0.1) is 0 Å². The van der Waals surface area contributed by atoms with Crippen LogP contribution in [0.2, 0.25) is 0 Å². The van der Waals surface area contributed by atoms with Crippen molar-refractivity contribution < 1.29 is 4.79 Å². The number of carbonyl (C=O) groups is 1. The molecule has 0 aromatic carbocycles. The van der Waals surface area contributed by atoms with Crippen molar-refractivity contribution in [3.05, 3.63) is 24.0 Å². The van der Waals surface area contributed by atoms with Gasteiger partial charge in [0.15, 0.2) is 0 Å². The number of carbonyl (C=O) groups excluding carboxylic acids is 1. The summed E-state index contributed by atoms with van der Waals surface area (Å²) in [5, 5.41) is 6.52. The van der Waals surface area contributed by atoms with Crippen LogP contribution in [0.1, 0.15) is 51.0 Å². The molecule has 4 heteroatoms. The fourth-order valence-electron chi connectivity index (χ4n) is 2.79. The predicted molar refractivity (Wildman–Crippen MR) is 81.4 cm³/mol. The van der Waals surface area contributed by atoms with Crippen molar-refractivity contribution in [2.24, 2.45) is 0 Å². The van der Waals surface area contributed by atoms with Crippen molar-refractivity contribution in [2.45, 2.75) is 64.6 Å². The molecule has 0 spiro atoms. The molecule has 0 unspecified atom stereocenters. The van der Waals surface area contributed by atoms with E-state index < -0.39 is 0 Å².